The van der Waals surface area contributed by atoms with Crippen molar-refractivity contribution in [1.82, 2.24) is 4.98 Å². The number of aromatic nitrogens is 1. The van der Waals surface area contributed by atoms with Crippen LogP contribution in [-0.4, -0.2) is 32.1 Å². The van der Waals surface area contributed by atoms with Gasteiger partial charge >= 0.3 is 6.36 Å². The zero-order chi connectivity index (χ0) is 21.0. The third-order valence-electron chi connectivity index (χ3n) is 4.67. The van der Waals surface area contributed by atoms with Gasteiger partial charge in [0.05, 0.1) is 19.9 Å². The smallest absolute Gasteiger partial charge is 0.497 e. The number of aryl methyl sites for hydroxylation is 1. The summed E-state index contributed by atoms with van der Waals surface area (Å²) in [5.41, 5.74) is 8.81. The highest BCUT2D eigenvalue weighted by atomic mass is 19.4. The summed E-state index contributed by atoms with van der Waals surface area (Å²) >= 11 is 0. The lowest BCUT2D eigenvalue weighted by molar-refractivity contribution is -0.274. The number of alkyl halides is 3. The predicted octanol–water partition coefficient (Wildman–Crippen LogP) is 5.03. The number of methoxy groups -OCH3 is 2. The van der Waals surface area contributed by atoms with Crippen molar-refractivity contribution in [2.24, 2.45) is 5.73 Å². The second-order valence-electron chi connectivity index (χ2n) is 6.55. The fourth-order valence-corrected chi connectivity index (χ4v) is 3.36. The molecule has 8 heteroatoms. The number of nitrogens with two attached hydrogens (primary N) is 1. The molecule has 0 aliphatic carbocycles. The Labute approximate surface area is 166 Å². The molecule has 0 radical (unpaired) electrons. The number of benzene rings is 2. The molecule has 0 spiro atoms. The minimum Gasteiger partial charge on any atom is -0.497 e. The highest BCUT2D eigenvalue weighted by Gasteiger charge is 2.31. The first-order valence-corrected chi connectivity index (χ1v) is 9.19. The van der Waals surface area contributed by atoms with Crippen LogP contribution in [0.1, 0.15) is 18.4 Å². The summed E-state index contributed by atoms with van der Waals surface area (Å²) < 4.78 is 52.8. The number of nitrogens with one attached hydrogen (secondary N) is 1. The van der Waals surface area contributed by atoms with Crippen LogP contribution in [0.15, 0.2) is 36.4 Å². The van der Waals surface area contributed by atoms with E-state index in [0.717, 1.165) is 35.2 Å². The van der Waals surface area contributed by atoms with Crippen LogP contribution in [0.4, 0.5) is 13.2 Å². The van der Waals surface area contributed by atoms with Crippen LogP contribution < -0.4 is 19.9 Å². The van der Waals surface area contributed by atoms with E-state index in [1.54, 1.807) is 26.4 Å². The normalized spacial score (nSPS) is 11.7. The van der Waals surface area contributed by atoms with E-state index in [1.807, 2.05) is 12.1 Å². The minimum absolute atomic E-state index is 0.252. The molecule has 29 heavy (non-hydrogen) atoms. The molecule has 0 fully saturated rings. The van der Waals surface area contributed by atoms with Gasteiger partial charge in [-0.25, -0.2) is 0 Å². The average Bonchev–Trinajstić information content (AvgIpc) is 3.04. The van der Waals surface area contributed by atoms with E-state index in [1.165, 1.54) is 12.1 Å². The number of hydrogen-bond donors (Lipinski definition) is 2. The van der Waals surface area contributed by atoms with Crippen LogP contribution in [-0.2, 0) is 6.42 Å². The minimum atomic E-state index is -4.74. The molecular formula is C21H23F3N2O3. The molecule has 0 aliphatic rings. The van der Waals surface area contributed by atoms with Crippen molar-refractivity contribution in [2.45, 2.75) is 25.6 Å². The highest BCUT2D eigenvalue weighted by Crippen LogP contribution is 2.39. The molecule has 0 amide bonds. The van der Waals surface area contributed by atoms with Crippen LogP contribution in [0.2, 0.25) is 0 Å². The third-order valence-corrected chi connectivity index (χ3v) is 4.67. The van der Waals surface area contributed by atoms with Gasteiger partial charge in [0, 0.05) is 22.5 Å². The molecular weight excluding hydrogens is 385 g/mol. The second-order valence-corrected chi connectivity index (χ2v) is 6.55. The summed E-state index contributed by atoms with van der Waals surface area (Å²) in [6.07, 6.45) is -2.48. The van der Waals surface area contributed by atoms with E-state index in [9.17, 15) is 13.2 Å². The molecule has 0 saturated carbocycles. The topological polar surface area (TPSA) is 69.5 Å². The average molecular weight is 408 g/mol. The van der Waals surface area contributed by atoms with Gasteiger partial charge in [0.1, 0.15) is 17.2 Å². The quantitative estimate of drug-likeness (QED) is 0.513. The molecule has 1 aromatic heterocycles. The molecule has 3 N–H and O–H groups in total. The zero-order valence-electron chi connectivity index (χ0n) is 16.2. The highest BCUT2D eigenvalue weighted by molar-refractivity contribution is 5.93. The van der Waals surface area contributed by atoms with Crippen molar-refractivity contribution in [3.8, 4) is 28.5 Å². The number of halogens is 3. The SMILES string of the molecule is COc1ccc(-c2[nH]c3ccc(OC(F)(F)F)cc3c2CCCCN)c(OC)c1. The van der Waals surface area contributed by atoms with Crippen molar-refractivity contribution < 1.29 is 27.4 Å². The standard InChI is InChI=1S/C21H23F3N2O3/c1-27-13-6-8-16(19(12-13)28-2)20-15(5-3-4-10-25)17-11-14(29-21(22,23)24)7-9-18(17)26-20/h6-9,11-12,26H,3-5,10,25H2,1-2H3. The number of H-pyrrole nitrogens is 1. The van der Waals surface area contributed by atoms with Gasteiger partial charge in [-0.15, -0.1) is 13.2 Å². The number of fused-ring (bicyclic) bond motifs is 1. The third kappa shape index (κ3) is 4.76. The van der Waals surface area contributed by atoms with Gasteiger partial charge in [0.25, 0.3) is 0 Å². The Morgan fingerprint density at radius 2 is 1.72 bits per heavy atom. The first-order chi connectivity index (χ1) is 13.9. The van der Waals surface area contributed by atoms with Crippen LogP contribution in [0, 0.1) is 0 Å². The Kier molecular flexibility index (Phi) is 6.22. The fraction of sp³-hybridized carbons (Fsp3) is 0.333. The zero-order valence-corrected chi connectivity index (χ0v) is 16.2. The molecule has 156 valence electrons. The van der Waals surface area contributed by atoms with Gasteiger partial charge in [0.15, 0.2) is 0 Å². The molecule has 1 heterocycles. The van der Waals surface area contributed by atoms with Crippen molar-refractivity contribution in [3.63, 3.8) is 0 Å². The van der Waals surface area contributed by atoms with Crippen molar-refractivity contribution in [3.05, 3.63) is 42.0 Å². The molecule has 3 aromatic rings. The molecule has 3 rings (SSSR count). The van der Waals surface area contributed by atoms with E-state index in [-0.39, 0.29) is 5.75 Å². The summed E-state index contributed by atoms with van der Waals surface area (Å²) in [5.74, 6) is 0.993. The lowest BCUT2D eigenvalue weighted by atomic mass is 9.99. The monoisotopic (exact) mass is 408 g/mol. The number of unbranched alkanes of at least 4 members (excludes halogenated alkanes) is 1. The lowest BCUT2D eigenvalue weighted by Crippen LogP contribution is -2.16. The Hall–Kier alpha value is -2.87. The van der Waals surface area contributed by atoms with Crippen LogP contribution in [0.25, 0.3) is 22.2 Å². The first-order valence-electron chi connectivity index (χ1n) is 9.19. The Morgan fingerprint density at radius 1 is 0.966 bits per heavy atom. The molecule has 0 atom stereocenters. The molecule has 5 nitrogen and oxygen atoms in total. The van der Waals surface area contributed by atoms with Crippen molar-refractivity contribution >= 4 is 10.9 Å². The van der Waals surface area contributed by atoms with Crippen LogP contribution >= 0.6 is 0 Å². The maximum absolute atomic E-state index is 12.7. The second kappa shape index (κ2) is 8.65. The number of aromatic amines is 1. The molecule has 0 bridgehead atoms. The molecule has 0 aliphatic heterocycles. The predicted molar refractivity (Wildman–Crippen MR) is 106 cm³/mol. The van der Waals surface area contributed by atoms with Gasteiger partial charge in [0.2, 0.25) is 0 Å². The number of ether oxygens (including phenoxy) is 3. The van der Waals surface area contributed by atoms with Crippen LogP contribution in [0.3, 0.4) is 0 Å². The number of rotatable bonds is 8. The molecule has 0 saturated heterocycles. The lowest BCUT2D eigenvalue weighted by Gasteiger charge is -2.12. The summed E-state index contributed by atoms with van der Waals surface area (Å²) in [6.45, 7) is 0.548. The first kappa shape index (κ1) is 20.9. The van der Waals surface area contributed by atoms with E-state index in [0.29, 0.717) is 29.9 Å². The van der Waals surface area contributed by atoms with Gasteiger partial charge in [-0.2, -0.15) is 0 Å². The van der Waals surface area contributed by atoms with Crippen molar-refractivity contribution in [2.75, 3.05) is 20.8 Å². The summed E-state index contributed by atoms with van der Waals surface area (Å²) in [4.78, 5) is 3.32. The summed E-state index contributed by atoms with van der Waals surface area (Å²) in [7, 11) is 3.13. The fourth-order valence-electron chi connectivity index (χ4n) is 3.36. The van der Waals surface area contributed by atoms with E-state index < -0.39 is 6.36 Å². The maximum Gasteiger partial charge on any atom is 0.573 e. The van der Waals surface area contributed by atoms with Crippen LogP contribution in [0.5, 0.6) is 17.2 Å². The largest absolute Gasteiger partial charge is 0.573 e. The summed E-state index contributed by atoms with van der Waals surface area (Å²) in [5, 5.41) is 0.677. The van der Waals surface area contributed by atoms with Crippen molar-refractivity contribution in [1.29, 1.82) is 0 Å². The van der Waals surface area contributed by atoms with E-state index in [4.69, 9.17) is 15.2 Å². The number of hydrogen-bond acceptors (Lipinski definition) is 4. The Balaban J connectivity index is 2.14. The van der Waals surface area contributed by atoms with Gasteiger partial charge in [-0.3, -0.25) is 0 Å². The molecule has 0 unspecified atom stereocenters. The Bertz CT molecular complexity index is 983. The van der Waals surface area contributed by atoms with E-state index in [2.05, 4.69) is 9.72 Å². The maximum atomic E-state index is 12.7. The van der Waals surface area contributed by atoms with Gasteiger partial charge in [-0.05, 0) is 61.7 Å². The van der Waals surface area contributed by atoms with Gasteiger partial charge < -0.3 is 24.9 Å². The molecule has 2 aromatic carbocycles. The summed E-state index contributed by atoms with van der Waals surface area (Å²) in [6, 6.07) is 9.74. The Morgan fingerprint density at radius 3 is 2.38 bits per heavy atom. The van der Waals surface area contributed by atoms with E-state index >= 15 is 0 Å². The van der Waals surface area contributed by atoms with Gasteiger partial charge in [-0.1, -0.05) is 0 Å².